The Balaban J connectivity index is 2.40. The summed E-state index contributed by atoms with van der Waals surface area (Å²) in [5.41, 5.74) is 3.43. The molecule has 0 aromatic heterocycles. The SMILES string of the molecule is CC(=C1C=CC=C1)c1ccc(F)cc1. The first-order valence-corrected chi connectivity index (χ1v) is 4.59. The van der Waals surface area contributed by atoms with Crippen LogP contribution in [-0.4, -0.2) is 0 Å². The van der Waals surface area contributed by atoms with Crippen LogP contribution in [0.5, 0.6) is 0 Å². The van der Waals surface area contributed by atoms with Crippen LogP contribution in [-0.2, 0) is 0 Å². The second-order valence-electron chi connectivity index (χ2n) is 3.31. The van der Waals surface area contributed by atoms with E-state index in [1.54, 1.807) is 12.1 Å². The first-order valence-electron chi connectivity index (χ1n) is 4.59. The Morgan fingerprint density at radius 1 is 1.00 bits per heavy atom. The maximum atomic E-state index is 12.7. The van der Waals surface area contributed by atoms with Gasteiger partial charge in [-0.25, -0.2) is 4.39 Å². The molecule has 0 saturated carbocycles. The van der Waals surface area contributed by atoms with Gasteiger partial charge in [-0.15, -0.1) is 0 Å². The summed E-state index contributed by atoms with van der Waals surface area (Å²) in [7, 11) is 0. The molecule has 0 unspecified atom stereocenters. The van der Waals surface area contributed by atoms with Crippen LogP contribution in [0.25, 0.3) is 5.57 Å². The monoisotopic (exact) mass is 186 g/mol. The number of benzene rings is 1. The molecule has 0 nitrogen and oxygen atoms in total. The Morgan fingerprint density at radius 2 is 1.57 bits per heavy atom. The van der Waals surface area contributed by atoms with Crippen molar-refractivity contribution >= 4 is 5.57 Å². The normalized spacial score (nSPS) is 13.7. The van der Waals surface area contributed by atoms with Gasteiger partial charge in [0.05, 0.1) is 0 Å². The van der Waals surface area contributed by atoms with E-state index in [9.17, 15) is 4.39 Å². The summed E-state index contributed by atoms with van der Waals surface area (Å²) in [6, 6.07) is 6.58. The lowest BCUT2D eigenvalue weighted by Gasteiger charge is -2.03. The molecule has 0 fully saturated rings. The van der Waals surface area contributed by atoms with Crippen molar-refractivity contribution in [2.45, 2.75) is 6.92 Å². The van der Waals surface area contributed by atoms with E-state index in [1.165, 1.54) is 23.3 Å². The Labute approximate surface area is 83.1 Å². The fourth-order valence-electron chi connectivity index (χ4n) is 1.49. The van der Waals surface area contributed by atoms with E-state index < -0.39 is 0 Å². The van der Waals surface area contributed by atoms with Crippen molar-refractivity contribution in [3.8, 4) is 0 Å². The molecule has 2 rings (SSSR count). The lowest BCUT2D eigenvalue weighted by atomic mass is 10.0. The molecule has 70 valence electrons. The highest BCUT2D eigenvalue weighted by Crippen LogP contribution is 2.22. The highest BCUT2D eigenvalue weighted by molar-refractivity contribution is 5.73. The molecular weight excluding hydrogens is 175 g/mol. The molecule has 1 heteroatoms. The Bertz CT molecular complexity index is 405. The zero-order valence-electron chi connectivity index (χ0n) is 8.00. The summed E-state index contributed by atoms with van der Waals surface area (Å²) in [6.45, 7) is 2.04. The third-order valence-corrected chi connectivity index (χ3v) is 2.37. The van der Waals surface area contributed by atoms with Crippen LogP contribution in [0.3, 0.4) is 0 Å². The molecule has 1 aliphatic rings. The number of hydrogen-bond donors (Lipinski definition) is 0. The van der Waals surface area contributed by atoms with E-state index in [0.29, 0.717) is 0 Å². The number of halogens is 1. The lowest BCUT2D eigenvalue weighted by molar-refractivity contribution is 0.627. The predicted molar refractivity (Wildman–Crippen MR) is 57.3 cm³/mol. The molecule has 0 amide bonds. The Morgan fingerprint density at radius 3 is 2.14 bits per heavy atom. The van der Waals surface area contributed by atoms with E-state index >= 15 is 0 Å². The minimum Gasteiger partial charge on any atom is -0.207 e. The van der Waals surface area contributed by atoms with Gasteiger partial charge < -0.3 is 0 Å². The minimum atomic E-state index is -0.191. The predicted octanol–water partition coefficient (Wildman–Crippen LogP) is 3.73. The van der Waals surface area contributed by atoms with Crippen LogP contribution >= 0.6 is 0 Å². The average Bonchev–Trinajstić information content (AvgIpc) is 2.71. The highest BCUT2D eigenvalue weighted by Gasteiger charge is 2.01. The zero-order valence-corrected chi connectivity index (χ0v) is 8.00. The van der Waals surface area contributed by atoms with E-state index in [4.69, 9.17) is 0 Å². The number of hydrogen-bond acceptors (Lipinski definition) is 0. The highest BCUT2D eigenvalue weighted by atomic mass is 19.1. The lowest BCUT2D eigenvalue weighted by Crippen LogP contribution is -1.83. The van der Waals surface area contributed by atoms with Crippen molar-refractivity contribution in [1.29, 1.82) is 0 Å². The Kier molecular flexibility index (Phi) is 2.32. The summed E-state index contributed by atoms with van der Waals surface area (Å²) >= 11 is 0. The van der Waals surface area contributed by atoms with Crippen molar-refractivity contribution in [2.75, 3.05) is 0 Å². The molecule has 0 N–H and O–H groups in total. The van der Waals surface area contributed by atoms with Gasteiger partial charge in [0, 0.05) is 0 Å². The van der Waals surface area contributed by atoms with Crippen molar-refractivity contribution in [2.24, 2.45) is 0 Å². The fraction of sp³-hybridized carbons (Fsp3) is 0.0769. The van der Waals surface area contributed by atoms with Gasteiger partial charge in [-0.1, -0.05) is 36.4 Å². The smallest absolute Gasteiger partial charge is 0.123 e. The summed E-state index contributed by atoms with van der Waals surface area (Å²) in [5.74, 6) is -0.191. The van der Waals surface area contributed by atoms with Crippen LogP contribution in [0.1, 0.15) is 12.5 Å². The van der Waals surface area contributed by atoms with E-state index in [2.05, 4.69) is 12.2 Å². The van der Waals surface area contributed by atoms with Gasteiger partial charge in [0.2, 0.25) is 0 Å². The fourth-order valence-corrected chi connectivity index (χ4v) is 1.49. The van der Waals surface area contributed by atoms with Crippen molar-refractivity contribution in [3.63, 3.8) is 0 Å². The second kappa shape index (κ2) is 3.62. The zero-order chi connectivity index (χ0) is 9.97. The summed E-state index contributed by atoms with van der Waals surface area (Å²) in [6.07, 6.45) is 8.11. The standard InChI is InChI=1S/C13H11F/c1-10(11-4-2-3-5-11)12-6-8-13(14)9-7-12/h2-9H,1H3. The molecule has 0 bridgehead atoms. The van der Waals surface area contributed by atoms with Crippen molar-refractivity contribution in [3.05, 3.63) is 65.5 Å². The van der Waals surface area contributed by atoms with E-state index in [0.717, 1.165) is 5.56 Å². The number of allylic oxidation sites excluding steroid dienone is 6. The first-order chi connectivity index (χ1) is 6.77. The molecule has 1 aromatic carbocycles. The van der Waals surface area contributed by atoms with Crippen LogP contribution < -0.4 is 0 Å². The molecular formula is C13H11F. The maximum Gasteiger partial charge on any atom is 0.123 e. The third kappa shape index (κ3) is 1.67. The van der Waals surface area contributed by atoms with Crippen LogP contribution in [0.2, 0.25) is 0 Å². The third-order valence-electron chi connectivity index (χ3n) is 2.37. The van der Waals surface area contributed by atoms with Gasteiger partial charge in [0.25, 0.3) is 0 Å². The molecule has 0 atom stereocenters. The molecule has 14 heavy (non-hydrogen) atoms. The van der Waals surface area contributed by atoms with Crippen LogP contribution in [0, 0.1) is 5.82 Å². The van der Waals surface area contributed by atoms with Gasteiger partial charge in [-0.05, 0) is 35.8 Å². The molecule has 0 saturated heterocycles. The maximum absolute atomic E-state index is 12.7. The molecule has 1 aromatic rings. The van der Waals surface area contributed by atoms with Gasteiger partial charge in [-0.2, -0.15) is 0 Å². The molecule has 0 radical (unpaired) electrons. The van der Waals surface area contributed by atoms with Gasteiger partial charge >= 0.3 is 0 Å². The van der Waals surface area contributed by atoms with Gasteiger partial charge in [0.15, 0.2) is 0 Å². The topological polar surface area (TPSA) is 0 Å². The molecule has 0 aliphatic heterocycles. The van der Waals surface area contributed by atoms with Crippen LogP contribution in [0.4, 0.5) is 4.39 Å². The summed E-state index contributed by atoms with van der Waals surface area (Å²) < 4.78 is 12.7. The molecule has 1 aliphatic carbocycles. The Hall–Kier alpha value is -1.63. The van der Waals surface area contributed by atoms with Crippen molar-refractivity contribution in [1.82, 2.24) is 0 Å². The average molecular weight is 186 g/mol. The van der Waals surface area contributed by atoms with Gasteiger partial charge in [0.1, 0.15) is 5.82 Å². The van der Waals surface area contributed by atoms with Crippen molar-refractivity contribution < 1.29 is 4.39 Å². The molecule has 0 spiro atoms. The first kappa shape index (κ1) is 8.95. The second-order valence-corrected chi connectivity index (χ2v) is 3.31. The summed E-state index contributed by atoms with van der Waals surface area (Å²) in [4.78, 5) is 0. The largest absolute Gasteiger partial charge is 0.207 e. The van der Waals surface area contributed by atoms with E-state index in [1.807, 2.05) is 19.1 Å². The van der Waals surface area contributed by atoms with Gasteiger partial charge in [-0.3, -0.25) is 0 Å². The van der Waals surface area contributed by atoms with Crippen LogP contribution in [0.15, 0.2) is 54.1 Å². The number of rotatable bonds is 1. The minimum absolute atomic E-state index is 0.191. The van der Waals surface area contributed by atoms with E-state index in [-0.39, 0.29) is 5.82 Å². The quantitative estimate of drug-likeness (QED) is 0.627. The molecule has 0 heterocycles. The summed E-state index contributed by atoms with van der Waals surface area (Å²) in [5, 5.41) is 0.